The Bertz CT molecular complexity index is 502. The van der Waals surface area contributed by atoms with Crippen molar-refractivity contribution < 1.29 is 14.3 Å². The number of rotatable bonds is 4. The van der Waals surface area contributed by atoms with Crippen molar-refractivity contribution in [3.63, 3.8) is 0 Å². The molecular weight excluding hydrogens is 240 g/mol. The standard InChI is InChI=1S/C16H20O3/c1-4-19-15(18)16(2,3)14(17)13-10-9-11-7-5-6-8-12(11)13/h5-8,13H,4,9-10H2,1-3H3. The summed E-state index contributed by atoms with van der Waals surface area (Å²) in [7, 11) is 0. The van der Waals surface area contributed by atoms with Crippen molar-refractivity contribution in [3.8, 4) is 0 Å². The second-order valence-electron chi connectivity index (χ2n) is 5.50. The molecule has 3 nitrogen and oxygen atoms in total. The van der Waals surface area contributed by atoms with Crippen LogP contribution in [0.1, 0.15) is 44.2 Å². The number of hydrogen-bond acceptors (Lipinski definition) is 3. The predicted octanol–water partition coefficient (Wildman–Crippen LogP) is 2.87. The summed E-state index contributed by atoms with van der Waals surface area (Å²) in [5, 5.41) is 0. The first-order valence-electron chi connectivity index (χ1n) is 6.77. The van der Waals surface area contributed by atoms with E-state index >= 15 is 0 Å². The molecule has 1 aliphatic carbocycles. The summed E-state index contributed by atoms with van der Waals surface area (Å²) in [6, 6.07) is 7.98. The van der Waals surface area contributed by atoms with Crippen LogP contribution in [0.5, 0.6) is 0 Å². The Labute approximate surface area is 114 Å². The van der Waals surface area contributed by atoms with Crippen LogP contribution in [-0.2, 0) is 20.7 Å². The summed E-state index contributed by atoms with van der Waals surface area (Å²) >= 11 is 0. The first-order chi connectivity index (χ1) is 8.98. The lowest BCUT2D eigenvalue weighted by atomic mass is 9.79. The van der Waals surface area contributed by atoms with E-state index in [0.29, 0.717) is 6.61 Å². The number of hydrogen-bond donors (Lipinski definition) is 0. The second kappa shape index (κ2) is 5.16. The lowest BCUT2D eigenvalue weighted by Gasteiger charge is -2.24. The molecular formula is C16H20O3. The number of ketones is 1. The van der Waals surface area contributed by atoms with E-state index in [2.05, 4.69) is 6.07 Å². The molecule has 0 spiro atoms. The molecule has 0 radical (unpaired) electrons. The second-order valence-corrected chi connectivity index (χ2v) is 5.50. The smallest absolute Gasteiger partial charge is 0.319 e. The van der Waals surface area contributed by atoms with E-state index in [4.69, 9.17) is 4.74 Å². The zero-order valence-electron chi connectivity index (χ0n) is 11.7. The van der Waals surface area contributed by atoms with Crippen LogP contribution in [-0.4, -0.2) is 18.4 Å². The number of benzene rings is 1. The van der Waals surface area contributed by atoms with Gasteiger partial charge in [0.25, 0.3) is 0 Å². The zero-order chi connectivity index (χ0) is 14.0. The largest absolute Gasteiger partial charge is 0.465 e. The van der Waals surface area contributed by atoms with E-state index in [1.54, 1.807) is 20.8 Å². The van der Waals surface area contributed by atoms with Crippen LogP contribution in [0.15, 0.2) is 24.3 Å². The molecule has 1 aromatic rings. The fraction of sp³-hybridized carbons (Fsp3) is 0.500. The van der Waals surface area contributed by atoms with E-state index in [0.717, 1.165) is 18.4 Å². The van der Waals surface area contributed by atoms with Crippen molar-refractivity contribution in [2.24, 2.45) is 5.41 Å². The van der Waals surface area contributed by atoms with Gasteiger partial charge >= 0.3 is 5.97 Å². The first kappa shape index (κ1) is 13.8. The van der Waals surface area contributed by atoms with Gasteiger partial charge in [-0.15, -0.1) is 0 Å². The predicted molar refractivity (Wildman–Crippen MR) is 72.9 cm³/mol. The van der Waals surface area contributed by atoms with E-state index in [1.165, 1.54) is 5.56 Å². The molecule has 1 atom stereocenters. The number of fused-ring (bicyclic) bond motifs is 1. The van der Waals surface area contributed by atoms with Gasteiger partial charge in [-0.3, -0.25) is 9.59 Å². The van der Waals surface area contributed by atoms with Gasteiger partial charge in [0.1, 0.15) is 5.41 Å². The molecule has 102 valence electrons. The van der Waals surface area contributed by atoms with Crippen LogP contribution in [0.3, 0.4) is 0 Å². The third kappa shape index (κ3) is 2.42. The quantitative estimate of drug-likeness (QED) is 0.617. The van der Waals surface area contributed by atoms with Crippen LogP contribution in [0.25, 0.3) is 0 Å². The minimum Gasteiger partial charge on any atom is -0.465 e. The fourth-order valence-electron chi connectivity index (χ4n) is 2.68. The molecule has 0 aromatic heterocycles. The summed E-state index contributed by atoms with van der Waals surface area (Å²) in [4.78, 5) is 24.6. The molecule has 1 aromatic carbocycles. The van der Waals surface area contributed by atoms with E-state index in [-0.39, 0.29) is 11.7 Å². The molecule has 0 fully saturated rings. The summed E-state index contributed by atoms with van der Waals surface area (Å²) in [6.07, 6.45) is 1.70. The van der Waals surface area contributed by atoms with Crippen molar-refractivity contribution in [3.05, 3.63) is 35.4 Å². The lowest BCUT2D eigenvalue weighted by molar-refractivity contribution is -0.158. The third-order valence-corrected chi connectivity index (χ3v) is 3.85. The highest BCUT2D eigenvalue weighted by molar-refractivity contribution is 6.06. The highest BCUT2D eigenvalue weighted by atomic mass is 16.5. The topological polar surface area (TPSA) is 43.4 Å². The van der Waals surface area contributed by atoms with Crippen LogP contribution in [0, 0.1) is 5.41 Å². The van der Waals surface area contributed by atoms with Gasteiger partial charge in [-0.2, -0.15) is 0 Å². The monoisotopic (exact) mass is 260 g/mol. The first-order valence-corrected chi connectivity index (χ1v) is 6.77. The molecule has 19 heavy (non-hydrogen) atoms. The SMILES string of the molecule is CCOC(=O)C(C)(C)C(=O)C1CCc2ccccc21. The Morgan fingerprint density at radius 1 is 1.32 bits per heavy atom. The number of carbonyl (C=O) groups is 2. The van der Waals surface area contributed by atoms with Crippen LogP contribution in [0.2, 0.25) is 0 Å². The van der Waals surface area contributed by atoms with Gasteiger partial charge in [0, 0.05) is 5.92 Å². The molecule has 0 N–H and O–H groups in total. The number of esters is 1. The van der Waals surface area contributed by atoms with Crippen molar-refractivity contribution in [2.75, 3.05) is 6.61 Å². The van der Waals surface area contributed by atoms with Gasteiger partial charge < -0.3 is 4.74 Å². The molecule has 0 saturated heterocycles. The summed E-state index contributed by atoms with van der Waals surface area (Å²) in [5.41, 5.74) is 1.23. The third-order valence-electron chi connectivity index (χ3n) is 3.85. The van der Waals surface area contributed by atoms with E-state index in [1.807, 2.05) is 18.2 Å². The minimum atomic E-state index is -1.07. The molecule has 3 heteroatoms. The molecule has 1 unspecified atom stereocenters. The van der Waals surface area contributed by atoms with Gasteiger partial charge in [0.05, 0.1) is 6.61 Å². The summed E-state index contributed by atoms with van der Waals surface area (Å²) < 4.78 is 5.02. The van der Waals surface area contributed by atoms with E-state index < -0.39 is 11.4 Å². The van der Waals surface area contributed by atoms with Crippen molar-refractivity contribution >= 4 is 11.8 Å². The van der Waals surface area contributed by atoms with Gasteiger partial charge in [0.15, 0.2) is 5.78 Å². The van der Waals surface area contributed by atoms with Gasteiger partial charge in [-0.1, -0.05) is 24.3 Å². The molecule has 0 heterocycles. The van der Waals surface area contributed by atoms with Crippen LogP contribution >= 0.6 is 0 Å². The minimum absolute atomic E-state index is 0.0316. The molecule has 0 saturated carbocycles. The molecule has 0 bridgehead atoms. The van der Waals surface area contributed by atoms with Gasteiger partial charge in [-0.05, 0) is 44.7 Å². The Kier molecular flexibility index (Phi) is 3.74. The number of carbonyl (C=O) groups excluding carboxylic acids is 2. The number of Topliss-reactive ketones (excluding diaryl/α,β-unsaturated/α-hetero) is 1. The van der Waals surface area contributed by atoms with Crippen LogP contribution in [0.4, 0.5) is 0 Å². The highest BCUT2D eigenvalue weighted by Crippen LogP contribution is 2.38. The average Bonchev–Trinajstić information content (AvgIpc) is 2.81. The lowest BCUT2D eigenvalue weighted by Crippen LogP contribution is -2.38. The Morgan fingerprint density at radius 3 is 2.68 bits per heavy atom. The molecule has 1 aliphatic rings. The highest BCUT2D eigenvalue weighted by Gasteiger charge is 2.43. The summed E-state index contributed by atoms with van der Waals surface area (Å²) in [6.45, 7) is 5.38. The average molecular weight is 260 g/mol. The Hall–Kier alpha value is -1.64. The number of ether oxygens (including phenoxy) is 1. The van der Waals surface area contributed by atoms with Crippen LogP contribution < -0.4 is 0 Å². The maximum atomic E-state index is 12.6. The van der Waals surface area contributed by atoms with Crippen molar-refractivity contribution in [1.29, 1.82) is 0 Å². The zero-order valence-corrected chi connectivity index (χ0v) is 11.7. The normalized spacial score (nSPS) is 17.9. The maximum Gasteiger partial charge on any atom is 0.319 e. The van der Waals surface area contributed by atoms with Crippen molar-refractivity contribution in [1.82, 2.24) is 0 Å². The van der Waals surface area contributed by atoms with Gasteiger partial charge in [-0.25, -0.2) is 0 Å². The summed E-state index contributed by atoms with van der Waals surface area (Å²) in [5.74, 6) is -0.629. The molecule has 0 aliphatic heterocycles. The molecule has 2 rings (SSSR count). The van der Waals surface area contributed by atoms with E-state index in [9.17, 15) is 9.59 Å². The Morgan fingerprint density at radius 2 is 2.00 bits per heavy atom. The fourth-order valence-corrected chi connectivity index (χ4v) is 2.68. The Balaban J connectivity index is 2.24. The number of aryl methyl sites for hydroxylation is 1. The van der Waals surface area contributed by atoms with Crippen molar-refractivity contribution in [2.45, 2.75) is 39.5 Å². The van der Waals surface area contributed by atoms with Gasteiger partial charge in [0.2, 0.25) is 0 Å². The molecule has 0 amide bonds. The maximum absolute atomic E-state index is 12.6.